The van der Waals surface area contributed by atoms with Gasteiger partial charge in [0.05, 0.1) is 38.3 Å². The number of rotatable bonds is 4. The molecule has 1 aromatic rings. The van der Waals surface area contributed by atoms with Gasteiger partial charge < -0.3 is 30.0 Å². The fourth-order valence-electron chi connectivity index (χ4n) is 2.09. The lowest BCUT2D eigenvalue weighted by Gasteiger charge is -2.15. The van der Waals surface area contributed by atoms with Crippen molar-refractivity contribution in [2.24, 2.45) is 0 Å². The van der Waals surface area contributed by atoms with Crippen molar-refractivity contribution >= 4 is 17.4 Å². The molecule has 0 aliphatic carbocycles. The zero-order valence-electron chi connectivity index (χ0n) is 10.7. The third-order valence-electron chi connectivity index (χ3n) is 2.93. The molecule has 0 fully saturated rings. The minimum Gasteiger partial charge on any atom is -0.493 e. The Kier molecular flexibility index (Phi) is 3.20. The van der Waals surface area contributed by atoms with Gasteiger partial charge in [0, 0.05) is 6.07 Å². The molecule has 7 nitrogen and oxygen atoms in total. The number of anilines is 1. The van der Waals surface area contributed by atoms with E-state index in [2.05, 4.69) is 5.32 Å². The van der Waals surface area contributed by atoms with Crippen LogP contribution in [0.5, 0.6) is 17.2 Å². The number of ether oxygens (including phenoxy) is 3. The van der Waals surface area contributed by atoms with Gasteiger partial charge in [0.2, 0.25) is 5.75 Å². The van der Waals surface area contributed by atoms with Crippen molar-refractivity contribution in [1.29, 1.82) is 5.41 Å². The van der Waals surface area contributed by atoms with Crippen molar-refractivity contribution in [3.05, 3.63) is 11.6 Å². The molecule has 19 heavy (non-hydrogen) atoms. The summed E-state index contributed by atoms with van der Waals surface area (Å²) in [7, 11) is 4.35. The summed E-state index contributed by atoms with van der Waals surface area (Å²) >= 11 is 0. The minimum atomic E-state index is -1.12. The molecule has 0 saturated heterocycles. The fourth-order valence-corrected chi connectivity index (χ4v) is 2.09. The number of aliphatic carboxylic acids is 1. The smallest absolute Gasteiger partial charge is 0.332 e. The Morgan fingerprint density at radius 2 is 1.89 bits per heavy atom. The summed E-state index contributed by atoms with van der Waals surface area (Å²) in [6.45, 7) is 0. The Bertz CT molecular complexity index is 556. The number of nitrogens with one attached hydrogen (secondary N) is 2. The van der Waals surface area contributed by atoms with Gasteiger partial charge in [-0.05, 0) is 0 Å². The van der Waals surface area contributed by atoms with Crippen LogP contribution in [0.1, 0.15) is 5.56 Å². The summed E-state index contributed by atoms with van der Waals surface area (Å²) in [6, 6.07) is 0.495. The second-order valence-corrected chi connectivity index (χ2v) is 3.90. The lowest BCUT2D eigenvalue weighted by molar-refractivity contribution is -0.136. The van der Waals surface area contributed by atoms with E-state index in [4.69, 9.17) is 24.7 Å². The van der Waals surface area contributed by atoms with Gasteiger partial charge in [-0.2, -0.15) is 0 Å². The van der Waals surface area contributed by atoms with Gasteiger partial charge in [0.15, 0.2) is 17.5 Å². The average molecular weight is 266 g/mol. The van der Waals surface area contributed by atoms with Crippen LogP contribution >= 0.6 is 0 Å². The van der Waals surface area contributed by atoms with E-state index in [1.165, 1.54) is 21.3 Å². The summed E-state index contributed by atoms with van der Waals surface area (Å²) in [5.41, 5.74) is 0.791. The summed E-state index contributed by atoms with van der Waals surface area (Å²) < 4.78 is 15.6. The number of carboxylic acids is 1. The van der Waals surface area contributed by atoms with Gasteiger partial charge in [-0.3, -0.25) is 0 Å². The Labute approximate surface area is 109 Å². The number of hydrogen-bond acceptors (Lipinski definition) is 6. The molecule has 0 aromatic heterocycles. The first-order chi connectivity index (χ1) is 9.04. The van der Waals surface area contributed by atoms with Crippen molar-refractivity contribution in [2.45, 2.75) is 6.04 Å². The standard InChI is InChI=1S/C12H14N2O5/c1-17-6-4-5-7(11(19-3)10(6)18-2)8(13)9(14-5)12(15)16/h4,9,13-14H,1-3H3,(H,15,16)/t9-/m0/s1. The zero-order chi connectivity index (χ0) is 14.2. The van der Waals surface area contributed by atoms with Gasteiger partial charge in [0.1, 0.15) is 0 Å². The molecule has 1 aliphatic rings. The molecule has 0 radical (unpaired) electrons. The third-order valence-corrected chi connectivity index (χ3v) is 2.93. The highest BCUT2D eigenvalue weighted by atomic mass is 16.5. The monoisotopic (exact) mass is 266 g/mol. The van der Waals surface area contributed by atoms with Crippen LogP contribution in [0, 0.1) is 5.41 Å². The van der Waals surface area contributed by atoms with Crippen molar-refractivity contribution < 1.29 is 24.1 Å². The topological polar surface area (TPSA) is 101 Å². The highest BCUT2D eigenvalue weighted by Crippen LogP contribution is 2.46. The van der Waals surface area contributed by atoms with E-state index in [1.807, 2.05) is 0 Å². The molecule has 2 rings (SSSR count). The molecule has 1 aliphatic heterocycles. The number of carboxylic acid groups (broad SMARTS) is 1. The second kappa shape index (κ2) is 4.68. The van der Waals surface area contributed by atoms with Gasteiger partial charge in [0.25, 0.3) is 0 Å². The minimum absolute atomic E-state index is 0.0692. The molecular weight excluding hydrogens is 252 g/mol. The van der Waals surface area contributed by atoms with E-state index in [-0.39, 0.29) is 11.5 Å². The molecule has 0 amide bonds. The third kappa shape index (κ3) is 1.83. The maximum atomic E-state index is 11.1. The Morgan fingerprint density at radius 1 is 1.26 bits per heavy atom. The Morgan fingerprint density at radius 3 is 2.37 bits per heavy atom. The first-order valence-corrected chi connectivity index (χ1v) is 5.46. The number of benzene rings is 1. The number of carbonyl (C=O) groups is 1. The molecule has 3 N–H and O–H groups in total. The van der Waals surface area contributed by atoms with Crippen molar-refractivity contribution in [1.82, 2.24) is 0 Å². The summed E-state index contributed by atoms with van der Waals surface area (Å²) in [4.78, 5) is 11.1. The van der Waals surface area contributed by atoms with E-state index < -0.39 is 12.0 Å². The van der Waals surface area contributed by atoms with Crippen molar-refractivity contribution in [3.63, 3.8) is 0 Å². The lowest BCUT2D eigenvalue weighted by atomic mass is 10.1. The number of methoxy groups -OCH3 is 3. The van der Waals surface area contributed by atoms with Crippen molar-refractivity contribution in [3.8, 4) is 17.2 Å². The fraction of sp³-hybridized carbons (Fsp3) is 0.333. The van der Waals surface area contributed by atoms with E-state index in [9.17, 15) is 4.79 Å². The van der Waals surface area contributed by atoms with Crippen molar-refractivity contribution in [2.75, 3.05) is 26.6 Å². The zero-order valence-corrected chi connectivity index (χ0v) is 10.7. The lowest BCUT2D eigenvalue weighted by Crippen LogP contribution is -2.31. The van der Waals surface area contributed by atoms with E-state index >= 15 is 0 Å². The molecule has 1 heterocycles. The highest BCUT2D eigenvalue weighted by molar-refractivity contribution is 6.23. The molecular formula is C12H14N2O5. The van der Waals surface area contributed by atoms with Gasteiger partial charge in [-0.25, -0.2) is 4.79 Å². The highest BCUT2D eigenvalue weighted by Gasteiger charge is 2.37. The maximum Gasteiger partial charge on any atom is 0.332 e. The predicted octanol–water partition coefficient (Wildman–Crippen LogP) is 0.959. The van der Waals surface area contributed by atoms with Crippen LogP contribution in [0.4, 0.5) is 5.69 Å². The normalized spacial score (nSPS) is 16.6. The first-order valence-electron chi connectivity index (χ1n) is 5.46. The summed E-state index contributed by atoms with van der Waals surface area (Å²) in [5, 5.41) is 19.8. The molecule has 0 unspecified atom stereocenters. The van der Waals surface area contributed by atoms with Crippen LogP contribution in [0.3, 0.4) is 0 Å². The van der Waals surface area contributed by atoms with Crippen LogP contribution in [0.25, 0.3) is 0 Å². The Hall–Kier alpha value is -2.44. The molecule has 7 heteroatoms. The Balaban J connectivity index is 2.65. The van der Waals surface area contributed by atoms with E-state index in [0.717, 1.165) is 0 Å². The summed E-state index contributed by atoms with van der Waals surface area (Å²) in [5.74, 6) is -0.0925. The largest absolute Gasteiger partial charge is 0.493 e. The van der Waals surface area contributed by atoms with Crippen LogP contribution in [0.15, 0.2) is 6.07 Å². The van der Waals surface area contributed by atoms with Crippen LogP contribution in [-0.2, 0) is 4.79 Å². The maximum absolute atomic E-state index is 11.1. The molecule has 102 valence electrons. The van der Waals surface area contributed by atoms with Gasteiger partial charge >= 0.3 is 5.97 Å². The average Bonchev–Trinajstić information content (AvgIpc) is 2.73. The molecule has 1 aromatic carbocycles. The van der Waals surface area contributed by atoms with Gasteiger partial charge in [-0.15, -0.1) is 0 Å². The molecule has 1 atom stereocenters. The molecule has 0 saturated carbocycles. The second-order valence-electron chi connectivity index (χ2n) is 3.90. The number of hydrogen-bond donors (Lipinski definition) is 3. The van der Waals surface area contributed by atoms with Crippen LogP contribution in [-0.4, -0.2) is 44.2 Å². The van der Waals surface area contributed by atoms with E-state index in [1.54, 1.807) is 6.07 Å². The predicted molar refractivity (Wildman–Crippen MR) is 68.0 cm³/mol. The quantitative estimate of drug-likeness (QED) is 0.750. The van der Waals surface area contributed by atoms with Crippen LogP contribution in [0.2, 0.25) is 0 Å². The van der Waals surface area contributed by atoms with Gasteiger partial charge in [-0.1, -0.05) is 0 Å². The molecule has 0 spiro atoms. The van der Waals surface area contributed by atoms with E-state index in [0.29, 0.717) is 22.7 Å². The summed E-state index contributed by atoms with van der Waals surface area (Å²) in [6.07, 6.45) is 0. The first kappa shape index (κ1) is 13.0. The number of fused-ring (bicyclic) bond motifs is 1. The molecule has 0 bridgehead atoms. The SMILES string of the molecule is COc1cc2c(c(OC)c1OC)C(=N)[C@@H](C(=O)O)N2. The van der Waals surface area contributed by atoms with Crippen LogP contribution < -0.4 is 19.5 Å².